The van der Waals surface area contributed by atoms with E-state index < -0.39 is 0 Å². The third kappa shape index (κ3) is 6.89. The number of ether oxygens (including phenoxy) is 2. The van der Waals surface area contributed by atoms with Gasteiger partial charge in [0.1, 0.15) is 11.6 Å². The summed E-state index contributed by atoms with van der Waals surface area (Å²) in [7, 11) is 0. The van der Waals surface area contributed by atoms with E-state index in [9.17, 15) is 0 Å². The lowest BCUT2D eigenvalue weighted by atomic mass is 10.1. The lowest BCUT2D eigenvalue weighted by molar-refractivity contribution is -0.0390. The van der Waals surface area contributed by atoms with Crippen molar-refractivity contribution in [1.82, 2.24) is 25.4 Å². The molecular weight excluding hydrogens is 519 g/mol. The standard InChI is InChI=1S/C23H34N6O2.HI/c1-3-24-23(27-21-8-5-11-29-22(21)26-17(2)28-29)25-15-18-6-4-7-19(14-18)16-31-20-9-12-30-13-10-20;/h4,6-7,14,20-21H,3,5,8-13,15-16H2,1-2H3,(H2,24,25,27);1H. The van der Waals surface area contributed by atoms with E-state index in [2.05, 4.69) is 51.9 Å². The normalized spacial score (nSPS) is 19.2. The number of hydrogen-bond acceptors (Lipinski definition) is 5. The second-order valence-corrected chi connectivity index (χ2v) is 8.22. The summed E-state index contributed by atoms with van der Waals surface area (Å²) in [5.41, 5.74) is 2.36. The highest BCUT2D eigenvalue weighted by molar-refractivity contribution is 14.0. The van der Waals surface area contributed by atoms with Crippen LogP contribution >= 0.6 is 24.0 Å². The number of fused-ring (bicyclic) bond motifs is 1. The summed E-state index contributed by atoms with van der Waals surface area (Å²) >= 11 is 0. The largest absolute Gasteiger partial charge is 0.381 e. The lowest BCUT2D eigenvalue weighted by Crippen LogP contribution is -2.41. The zero-order valence-electron chi connectivity index (χ0n) is 19.0. The van der Waals surface area contributed by atoms with Crippen molar-refractivity contribution in [1.29, 1.82) is 0 Å². The van der Waals surface area contributed by atoms with Crippen LogP contribution in [0.5, 0.6) is 0 Å². The lowest BCUT2D eigenvalue weighted by Gasteiger charge is -2.25. The topological polar surface area (TPSA) is 85.6 Å². The second-order valence-electron chi connectivity index (χ2n) is 8.22. The van der Waals surface area contributed by atoms with Crippen LogP contribution in [0, 0.1) is 6.92 Å². The summed E-state index contributed by atoms with van der Waals surface area (Å²) in [6.45, 7) is 8.62. The molecule has 1 fully saturated rings. The molecule has 0 saturated carbocycles. The molecule has 0 bridgehead atoms. The Labute approximate surface area is 207 Å². The van der Waals surface area contributed by atoms with E-state index in [1.165, 1.54) is 11.1 Å². The first kappa shape index (κ1) is 24.9. The Kier molecular flexibility index (Phi) is 9.73. The minimum Gasteiger partial charge on any atom is -0.381 e. The summed E-state index contributed by atoms with van der Waals surface area (Å²) in [6.07, 6.45) is 4.39. The SMILES string of the molecule is CCNC(=NCc1cccc(COC2CCOCC2)c1)NC1CCCn2nc(C)nc21.I. The Morgan fingerprint density at radius 3 is 2.88 bits per heavy atom. The molecule has 0 amide bonds. The smallest absolute Gasteiger partial charge is 0.192 e. The number of aromatic nitrogens is 3. The maximum absolute atomic E-state index is 6.07. The number of nitrogens with zero attached hydrogens (tertiary/aromatic N) is 4. The number of aliphatic imine (C=N–C) groups is 1. The van der Waals surface area contributed by atoms with Gasteiger partial charge in [-0.15, -0.1) is 24.0 Å². The molecule has 176 valence electrons. The van der Waals surface area contributed by atoms with Crippen LogP contribution in [0.15, 0.2) is 29.3 Å². The van der Waals surface area contributed by atoms with Crippen LogP contribution in [0.3, 0.4) is 0 Å². The fourth-order valence-corrected chi connectivity index (χ4v) is 4.14. The van der Waals surface area contributed by atoms with Crippen LogP contribution in [-0.4, -0.2) is 46.6 Å². The molecular formula is C23H35IN6O2. The number of guanidine groups is 1. The van der Waals surface area contributed by atoms with Crippen molar-refractivity contribution in [2.45, 2.75) is 71.4 Å². The van der Waals surface area contributed by atoms with E-state index in [1.54, 1.807) is 0 Å². The van der Waals surface area contributed by atoms with Gasteiger partial charge in [-0.3, -0.25) is 0 Å². The van der Waals surface area contributed by atoms with Crippen molar-refractivity contribution in [3.8, 4) is 0 Å². The molecule has 0 radical (unpaired) electrons. The zero-order valence-corrected chi connectivity index (χ0v) is 21.4. The van der Waals surface area contributed by atoms with Crippen LogP contribution in [0.25, 0.3) is 0 Å². The van der Waals surface area contributed by atoms with Gasteiger partial charge in [-0.1, -0.05) is 24.3 Å². The monoisotopic (exact) mass is 554 g/mol. The van der Waals surface area contributed by atoms with Gasteiger partial charge in [0.25, 0.3) is 0 Å². The highest BCUT2D eigenvalue weighted by Gasteiger charge is 2.24. The van der Waals surface area contributed by atoms with E-state index in [1.807, 2.05) is 11.6 Å². The molecule has 1 atom stereocenters. The third-order valence-corrected chi connectivity index (χ3v) is 5.70. The summed E-state index contributed by atoms with van der Waals surface area (Å²) in [6, 6.07) is 8.64. The van der Waals surface area contributed by atoms with Gasteiger partial charge in [-0.25, -0.2) is 14.7 Å². The predicted molar refractivity (Wildman–Crippen MR) is 135 cm³/mol. The van der Waals surface area contributed by atoms with E-state index in [0.29, 0.717) is 19.3 Å². The Hall–Kier alpha value is -1.72. The molecule has 32 heavy (non-hydrogen) atoms. The highest BCUT2D eigenvalue weighted by atomic mass is 127. The number of benzene rings is 1. The van der Waals surface area contributed by atoms with Crippen molar-refractivity contribution >= 4 is 29.9 Å². The maximum Gasteiger partial charge on any atom is 0.192 e. The molecule has 4 rings (SSSR count). The minimum absolute atomic E-state index is 0. The van der Waals surface area contributed by atoms with Crippen molar-refractivity contribution in [2.24, 2.45) is 4.99 Å². The molecule has 2 aliphatic rings. The first-order valence-electron chi connectivity index (χ1n) is 11.4. The summed E-state index contributed by atoms with van der Waals surface area (Å²) in [5, 5.41) is 11.4. The van der Waals surface area contributed by atoms with Gasteiger partial charge in [0.2, 0.25) is 0 Å². The fraction of sp³-hybridized carbons (Fsp3) is 0.609. The Balaban J connectivity index is 0.00000289. The van der Waals surface area contributed by atoms with Gasteiger partial charge in [0, 0.05) is 26.3 Å². The number of aryl methyl sites for hydroxylation is 2. The highest BCUT2D eigenvalue weighted by Crippen LogP contribution is 2.23. The molecule has 1 saturated heterocycles. The van der Waals surface area contributed by atoms with E-state index in [4.69, 9.17) is 14.5 Å². The zero-order chi connectivity index (χ0) is 21.5. The predicted octanol–water partition coefficient (Wildman–Crippen LogP) is 3.49. The van der Waals surface area contributed by atoms with Crippen LogP contribution in [0.1, 0.15) is 61.4 Å². The molecule has 0 spiro atoms. The molecule has 3 heterocycles. The van der Waals surface area contributed by atoms with Crippen molar-refractivity contribution in [2.75, 3.05) is 19.8 Å². The summed E-state index contributed by atoms with van der Waals surface area (Å²) in [5.74, 6) is 2.64. The van der Waals surface area contributed by atoms with Gasteiger partial charge in [0.15, 0.2) is 5.96 Å². The summed E-state index contributed by atoms with van der Waals surface area (Å²) in [4.78, 5) is 9.45. The summed E-state index contributed by atoms with van der Waals surface area (Å²) < 4.78 is 13.5. The number of nitrogens with one attached hydrogen (secondary N) is 2. The Morgan fingerprint density at radius 2 is 2.06 bits per heavy atom. The Bertz CT molecular complexity index is 881. The van der Waals surface area contributed by atoms with Gasteiger partial charge in [0.05, 0.1) is 25.3 Å². The van der Waals surface area contributed by atoms with Gasteiger partial charge >= 0.3 is 0 Å². The molecule has 1 unspecified atom stereocenters. The number of hydrogen-bond donors (Lipinski definition) is 2. The van der Waals surface area contributed by atoms with Crippen LogP contribution in [0.4, 0.5) is 0 Å². The van der Waals surface area contributed by atoms with Crippen LogP contribution in [0.2, 0.25) is 0 Å². The Morgan fingerprint density at radius 1 is 1.25 bits per heavy atom. The first-order valence-corrected chi connectivity index (χ1v) is 11.4. The quantitative estimate of drug-likeness (QED) is 0.310. The molecule has 8 nitrogen and oxygen atoms in total. The van der Waals surface area contributed by atoms with Gasteiger partial charge in [-0.2, -0.15) is 5.10 Å². The van der Waals surface area contributed by atoms with E-state index in [0.717, 1.165) is 69.6 Å². The average Bonchev–Trinajstić information content (AvgIpc) is 3.18. The number of rotatable bonds is 7. The molecule has 9 heteroatoms. The van der Waals surface area contributed by atoms with E-state index in [-0.39, 0.29) is 30.0 Å². The van der Waals surface area contributed by atoms with Crippen molar-refractivity contribution < 1.29 is 9.47 Å². The second kappa shape index (κ2) is 12.5. The average molecular weight is 554 g/mol. The first-order chi connectivity index (χ1) is 15.2. The van der Waals surface area contributed by atoms with E-state index >= 15 is 0 Å². The molecule has 1 aromatic carbocycles. The molecule has 2 aromatic rings. The van der Waals surface area contributed by atoms with Gasteiger partial charge in [-0.05, 0) is 50.7 Å². The third-order valence-electron chi connectivity index (χ3n) is 5.70. The molecule has 2 aliphatic heterocycles. The molecule has 0 aliphatic carbocycles. The number of halogens is 1. The van der Waals surface area contributed by atoms with Crippen LogP contribution in [-0.2, 0) is 29.2 Å². The van der Waals surface area contributed by atoms with Crippen molar-refractivity contribution in [3.05, 3.63) is 47.0 Å². The van der Waals surface area contributed by atoms with Gasteiger partial charge < -0.3 is 20.1 Å². The fourth-order valence-electron chi connectivity index (χ4n) is 4.14. The minimum atomic E-state index is 0. The van der Waals surface area contributed by atoms with Crippen LogP contribution < -0.4 is 10.6 Å². The van der Waals surface area contributed by atoms with Crippen molar-refractivity contribution in [3.63, 3.8) is 0 Å². The maximum atomic E-state index is 6.07. The molecule has 1 aromatic heterocycles. The molecule has 2 N–H and O–H groups in total.